The molecule has 5 heterocycles. The van der Waals surface area contributed by atoms with Crippen LogP contribution in [0.1, 0.15) is 241 Å². The summed E-state index contributed by atoms with van der Waals surface area (Å²) in [6, 6.07) is 77.6. The molecular weight excluding hydrogens is 1440 g/mol. The molecule has 0 aliphatic rings. The molecule has 0 amide bonds. The van der Waals surface area contributed by atoms with Crippen LogP contribution < -0.4 is 22.8 Å². The van der Waals surface area contributed by atoms with Crippen molar-refractivity contribution in [1.29, 1.82) is 0 Å². The number of hydrogen-bond acceptors (Lipinski definition) is 0. The second-order valence-electron chi connectivity index (χ2n) is 34.7. The largest absolute Gasteiger partial charge is 0.220 e. The van der Waals surface area contributed by atoms with E-state index in [1.807, 2.05) is 0 Å². The van der Waals surface area contributed by atoms with Crippen LogP contribution in [0.2, 0.25) is 0 Å². The zero-order valence-electron chi connectivity index (χ0n) is 77.3. The van der Waals surface area contributed by atoms with E-state index < -0.39 is 0 Å². The van der Waals surface area contributed by atoms with Gasteiger partial charge >= 0.3 is 0 Å². The lowest BCUT2D eigenvalue weighted by Crippen LogP contribution is -2.31. The number of pyridine rings is 5. The van der Waals surface area contributed by atoms with Crippen molar-refractivity contribution in [2.45, 2.75) is 226 Å². The monoisotopic (exact) mass is 1580 g/mol. The second-order valence-corrected chi connectivity index (χ2v) is 34.7. The average molecular weight is 1580 g/mol. The Bertz CT molecular complexity index is 6130. The highest BCUT2D eigenvalue weighted by molar-refractivity contribution is 5.98. The summed E-state index contributed by atoms with van der Waals surface area (Å²) >= 11 is 0. The molecule has 15 aromatic rings. The van der Waals surface area contributed by atoms with Crippen molar-refractivity contribution in [3.05, 3.63) is 326 Å². The molecule has 5 nitrogen and oxygen atoms in total. The first kappa shape index (κ1) is 89.0. The molecule has 10 aromatic carbocycles. The Morgan fingerprint density at radius 2 is 0.538 bits per heavy atom. The van der Waals surface area contributed by atoms with Crippen LogP contribution in [0.4, 0.5) is 0 Å². The van der Waals surface area contributed by atoms with E-state index in [1.54, 1.807) is 0 Å². The Hall–Kier alpha value is -10.8. The fourth-order valence-corrected chi connectivity index (χ4v) is 17.3. The van der Waals surface area contributed by atoms with Gasteiger partial charge in [-0.2, -0.15) is 0 Å². The van der Waals surface area contributed by atoms with Gasteiger partial charge in [0.1, 0.15) is 35.2 Å². The van der Waals surface area contributed by atoms with Gasteiger partial charge in [-0.3, -0.25) is 0 Å². The number of hydrogen-bond donors (Lipinski definition) is 0. The van der Waals surface area contributed by atoms with E-state index in [1.165, 1.54) is 231 Å². The van der Waals surface area contributed by atoms with E-state index in [4.69, 9.17) is 0 Å². The van der Waals surface area contributed by atoms with Gasteiger partial charge in [-0.25, -0.2) is 22.8 Å². The standard InChI is InChI=1S/C25H32N.2C23H28N.C22H26N.C21H24N/c1-7-17(4)21-10-11-23-22(16-21)12-13-26(6)25(23)24-15-19(8-2)14-20(9-3)18(24)5;1-7-16(3)19-8-9-21-20(14-19)10-11-24(6)23(21)22-13-15(2)12-17(4)18(22)5;1-6-16(3)19-10-11-21-20(15-19)12-13-24(5)23(21)22-14-18(7-2)9-8-17(22)4;1-6-16(3)18-9-10-20-19(14-18)11-12-23(5)22(20)21-13-15(2)7-8-17(21)4;1-5-15(2)17-10-11-20-18(14-17)12-13-22(4)21(20)19-9-7-6-8-16(19)3/h10-17H,7-9H2,1-6H3;8-14,16H,7H2,1-6H3;8-16H,6-7H2,1-5H3;7-14,16H,6H2,1-5H3;6-15H,5H2,1-4H3/q5*+1. The van der Waals surface area contributed by atoms with Gasteiger partial charge in [0.2, 0.25) is 28.5 Å². The van der Waals surface area contributed by atoms with Crippen LogP contribution in [0.15, 0.2) is 237 Å². The summed E-state index contributed by atoms with van der Waals surface area (Å²) in [5, 5.41) is 13.3. The van der Waals surface area contributed by atoms with Crippen LogP contribution in [0.25, 0.3) is 110 Å². The number of aromatic nitrogens is 5. The van der Waals surface area contributed by atoms with Crippen LogP contribution in [0, 0.1) is 55.4 Å². The minimum Gasteiger partial charge on any atom is -0.200 e. The van der Waals surface area contributed by atoms with Crippen molar-refractivity contribution >= 4 is 53.9 Å². The van der Waals surface area contributed by atoms with Gasteiger partial charge in [0.05, 0.1) is 38.1 Å². The average Bonchev–Trinajstić information content (AvgIpc) is 0.755. The van der Waals surface area contributed by atoms with Crippen LogP contribution >= 0.6 is 0 Å². The highest BCUT2D eigenvalue weighted by Gasteiger charge is 2.26. The van der Waals surface area contributed by atoms with Gasteiger partial charge in [-0.1, -0.05) is 216 Å². The third-order valence-corrected chi connectivity index (χ3v) is 26.4. The van der Waals surface area contributed by atoms with Crippen molar-refractivity contribution in [1.82, 2.24) is 0 Å². The van der Waals surface area contributed by atoms with Gasteiger partial charge in [-0.05, 0) is 302 Å². The highest BCUT2D eigenvalue weighted by atomic mass is 14.9. The maximum absolute atomic E-state index is 2.39. The number of aryl methyl sites for hydroxylation is 14. The number of benzene rings is 10. The quantitative estimate of drug-likeness (QED) is 0.0763. The molecule has 0 saturated heterocycles. The minimum atomic E-state index is 0.605. The van der Waals surface area contributed by atoms with Crippen molar-refractivity contribution in [2.24, 2.45) is 35.2 Å². The zero-order valence-corrected chi connectivity index (χ0v) is 77.3. The predicted molar refractivity (Wildman–Crippen MR) is 512 cm³/mol. The Kier molecular flexibility index (Phi) is 29.8. The lowest BCUT2D eigenvalue weighted by atomic mass is 9.90. The predicted octanol–water partition coefficient (Wildman–Crippen LogP) is 28.4. The first-order chi connectivity index (χ1) is 57.1. The molecule has 5 aromatic heterocycles. The fourth-order valence-electron chi connectivity index (χ4n) is 17.3. The summed E-state index contributed by atoms with van der Waals surface area (Å²) < 4.78 is 11.3. The molecule has 119 heavy (non-hydrogen) atoms. The molecule has 5 atom stereocenters. The molecule has 0 N–H and O–H groups in total. The van der Waals surface area contributed by atoms with Gasteiger partial charge in [0.15, 0.2) is 31.0 Å². The summed E-state index contributed by atoms with van der Waals surface area (Å²) in [5.74, 6) is 3.04. The SMILES string of the molecule is CCC(C)c1ccc2c(-c3cc(C)cc(C)c3C)[n+](C)ccc2c1.CCC(C)c1ccc2c(-c3cc(C)ccc3C)[n+](C)ccc2c1.CCC(C)c1ccc2c(-c3ccccc3C)[n+](C)ccc2c1.CCc1cc(CC)c(C)c(-c2c3ccc(C(C)CC)cc3cc[n+]2C)c1.CCc1ccc(C)c(-c2c3ccc(C(C)CC)cc3cc[n+]2C)c1. The van der Waals surface area contributed by atoms with Gasteiger partial charge < -0.3 is 0 Å². The smallest absolute Gasteiger partial charge is 0.200 e. The lowest BCUT2D eigenvalue weighted by Gasteiger charge is -2.15. The van der Waals surface area contributed by atoms with E-state index in [-0.39, 0.29) is 0 Å². The topological polar surface area (TPSA) is 19.4 Å². The third-order valence-electron chi connectivity index (χ3n) is 26.4. The van der Waals surface area contributed by atoms with Gasteiger partial charge in [0, 0.05) is 47.0 Å². The summed E-state index contributed by atoms with van der Waals surface area (Å²) in [6.45, 7) is 47.2. The van der Waals surface area contributed by atoms with Crippen LogP contribution in [0.3, 0.4) is 0 Å². The van der Waals surface area contributed by atoms with Gasteiger partial charge in [0.25, 0.3) is 0 Å². The van der Waals surface area contributed by atoms with Crippen molar-refractivity contribution in [3.63, 3.8) is 0 Å². The van der Waals surface area contributed by atoms with E-state index >= 15 is 0 Å². The molecule has 0 spiro atoms. The molecule has 0 aliphatic heterocycles. The van der Waals surface area contributed by atoms with E-state index in [2.05, 4.69) is 441 Å². The Labute approximate surface area is 716 Å². The molecule has 0 aliphatic carbocycles. The van der Waals surface area contributed by atoms with E-state index in [0.717, 1.165) is 19.3 Å². The maximum atomic E-state index is 2.39. The second kappa shape index (κ2) is 39.9. The number of nitrogens with zero attached hydrogens (tertiary/aromatic N) is 5. The molecule has 15 rings (SSSR count). The van der Waals surface area contributed by atoms with Crippen molar-refractivity contribution < 1.29 is 22.8 Å². The summed E-state index contributed by atoms with van der Waals surface area (Å²) in [4.78, 5) is 0. The Balaban J connectivity index is 0.000000146. The lowest BCUT2D eigenvalue weighted by molar-refractivity contribution is -0.659. The van der Waals surface area contributed by atoms with Gasteiger partial charge in [-0.15, -0.1) is 0 Å². The first-order valence-electron chi connectivity index (χ1n) is 44.6. The number of fused-ring (bicyclic) bond motifs is 5. The molecule has 0 fully saturated rings. The highest BCUT2D eigenvalue weighted by Crippen LogP contribution is 2.39. The Morgan fingerprint density at radius 1 is 0.235 bits per heavy atom. The van der Waals surface area contributed by atoms with Crippen molar-refractivity contribution in [2.75, 3.05) is 0 Å². The van der Waals surface area contributed by atoms with Crippen LogP contribution in [-0.2, 0) is 54.5 Å². The summed E-state index contributed by atoms with van der Waals surface area (Å²) in [7, 11) is 10.7. The maximum Gasteiger partial charge on any atom is 0.220 e. The van der Waals surface area contributed by atoms with E-state index in [0.29, 0.717) is 29.6 Å². The summed E-state index contributed by atoms with van der Waals surface area (Å²) in [5.41, 5.74) is 35.5. The molecule has 0 radical (unpaired) electrons. The molecule has 5 heteroatoms. The molecule has 0 bridgehead atoms. The molecular formula is C114H138N5+5. The summed E-state index contributed by atoms with van der Waals surface area (Å²) in [6.07, 6.45) is 20.1. The van der Waals surface area contributed by atoms with E-state index in [9.17, 15) is 0 Å². The van der Waals surface area contributed by atoms with Crippen molar-refractivity contribution in [3.8, 4) is 56.3 Å². The third kappa shape index (κ3) is 19.9. The minimum absolute atomic E-state index is 0.605. The number of rotatable bonds is 18. The molecule has 614 valence electrons. The fraction of sp³-hybridized carbons (Fsp3) is 0.342. The Morgan fingerprint density at radius 3 is 0.882 bits per heavy atom. The normalized spacial score (nSPS) is 12.6. The van der Waals surface area contributed by atoms with Crippen LogP contribution in [0.5, 0.6) is 0 Å². The molecule has 0 saturated carbocycles. The zero-order chi connectivity index (χ0) is 85.8. The first-order valence-corrected chi connectivity index (χ1v) is 44.6. The molecule has 5 unspecified atom stereocenters. The van der Waals surface area contributed by atoms with Crippen LogP contribution in [-0.4, -0.2) is 0 Å².